The number of aliphatic hydroxyl groups excluding tert-OH is 4. The summed E-state index contributed by atoms with van der Waals surface area (Å²) in [4.78, 5) is 3.99. The van der Waals surface area contributed by atoms with E-state index in [1.165, 1.54) is 18.3 Å². The number of hydrogen-bond acceptors (Lipinski definition) is 7. The SMILES string of the molecule is OCC1OC(O)C(N=Cc2ccc(O)cc2)C(O)C1O. The first kappa shape index (κ1) is 14.9. The third kappa shape index (κ3) is 3.14. The Morgan fingerprint density at radius 1 is 1.10 bits per heavy atom. The summed E-state index contributed by atoms with van der Waals surface area (Å²) in [6, 6.07) is 5.11. The van der Waals surface area contributed by atoms with Crippen molar-refractivity contribution in [2.45, 2.75) is 30.6 Å². The van der Waals surface area contributed by atoms with Crippen molar-refractivity contribution in [3.63, 3.8) is 0 Å². The van der Waals surface area contributed by atoms with E-state index in [0.29, 0.717) is 5.56 Å². The molecule has 0 spiro atoms. The summed E-state index contributed by atoms with van der Waals surface area (Å²) in [5.41, 5.74) is 0.654. The fourth-order valence-corrected chi connectivity index (χ4v) is 1.98. The Morgan fingerprint density at radius 2 is 1.75 bits per heavy atom. The van der Waals surface area contributed by atoms with Crippen LogP contribution in [0.25, 0.3) is 0 Å². The second-order valence-electron chi connectivity index (χ2n) is 4.59. The Morgan fingerprint density at radius 3 is 2.35 bits per heavy atom. The molecule has 0 aliphatic carbocycles. The third-order valence-electron chi connectivity index (χ3n) is 3.16. The zero-order valence-electron chi connectivity index (χ0n) is 10.6. The highest BCUT2D eigenvalue weighted by molar-refractivity contribution is 5.79. The first-order valence-electron chi connectivity index (χ1n) is 6.15. The van der Waals surface area contributed by atoms with Crippen molar-refractivity contribution < 1.29 is 30.3 Å². The van der Waals surface area contributed by atoms with E-state index >= 15 is 0 Å². The molecule has 7 nitrogen and oxygen atoms in total. The van der Waals surface area contributed by atoms with Crippen LogP contribution in [0.15, 0.2) is 29.3 Å². The molecule has 1 heterocycles. The van der Waals surface area contributed by atoms with Gasteiger partial charge < -0.3 is 30.3 Å². The van der Waals surface area contributed by atoms with Crippen LogP contribution in [0.2, 0.25) is 0 Å². The molecule has 0 radical (unpaired) electrons. The van der Waals surface area contributed by atoms with Crippen molar-refractivity contribution in [2.24, 2.45) is 4.99 Å². The normalized spacial score (nSPS) is 34.5. The lowest BCUT2D eigenvalue weighted by Gasteiger charge is -2.38. The predicted molar refractivity (Wildman–Crippen MR) is 69.5 cm³/mol. The standard InChI is InChI=1S/C13H17NO6/c15-6-9-11(17)12(18)10(13(19)20-9)14-5-7-1-3-8(16)4-2-7/h1-5,9-13,15-19H,6H2. The van der Waals surface area contributed by atoms with Gasteiger partial charge in [0.2, 0.25) is 0 Å². The highest BCUT2D eigenvalue weighted by atomic mass is 16.6. The first-order valence-corrected chi connectivity index (χ1v) is 6.15. The largest absolute Gasteiger partial charge is 0.508 e. The van der Waals surface area contributed by atoms with Crippen molar-refractivity contribution in [1.82, 2.24) is 0 Å². The van der Waals surface area contributed by atoms with E-state index in [2.05, 4.69) is 4.99 Å². The van der Waals surface area contributed by atoms with Crippen molar-refractivity contribution in [3.05, 3.63) is 29.8 Å². The molecular formula is C13H17NO6. The van der Waals surface area contributed by atoms with Crippen LogP contribution >= 0.6 is 0 Å². The molecule has 1 aliphatic rings. The molecule has 0 amide bonds. The summed E-state index contributed by atoms with van der Waals surface area (Å²) < 4.78 is 4.98. The number of nitrogens with zero attached hydrogens (tertiary/aromatic N) is 1. The maximum absolute atomic E-state index is 9.88. The van der Waals surface area contributed by atoms with Crippen LogP contribution in [-0.2, 0) is 4.74 Å². The lowest BCUT2D eigenvalue weighted by atomic mass is 9.97. The van der Waals surface area contributed by atoms with Gasteiger partial charge >= 0.3 is 0 Å². The maximum Gasteiger partial charge on any atom is 0.180 e. The topological polar surface area (TPSA) is 123 Å². The van der Waals surface area contributed by atoms with Crippen molar-refractivity contribution >= 4 is 6.21 Å². The Labute approximate surface area is 115 Å². The van der Waals surface area contributed by atoms with Crippen LogP contribution in [0.3, 0.4) is 0 Å². The van der Waals surface area contributed by atoms with Gasteiger partial charge in [-0.15, -0.1) is 0 Å². The second kappa shape index (κ2) is 6.29. The van der Waals surface area contributed by atoms with Gasteiger partial charge in [-0.2, -0.15) is 0 Å². The maximum atomic E-state index is 9.88. The Kier molecular flexibility index (Phi) is 4.69. The lowest BCUT2D eigenvalue weighted by molar-refractivity contribution is -0.248. The minimum Gasteiger partial charge on any atom is -0.508 e. The van der Waals surface area contributed by atoms with Gasteiger partial charge in [-0.25, -0.2) is 0 Å². The minimum absolute atomic E-state index is 0.115. The van der Waals surface area contributed by atoms with Crippen molar-refractivity contribution in [2.75, 3.05) is 6.61 Å². The van der Waals surface area contributed by atoms with Crippen LogP contribution in [-0.4, -0.2) is 69.0 Å². The van der Waals surface area contributed by atoms with Crippen LogP contribution in [0.5, 0.6) is 5.75 Å². The van der Waals surface area contributed by atoms with E-state index in [9.17, 15) is 15.3 Å². The highest BCUT2D eigenvalue weighted by Gasteiger charge is 2.43. The van der Waals surface area contributed by atoms with Gasteiger partial charge in [0, 0.05) is 6.21 Å². The molecule has 1 saturated heterocycles. The molecule has 5 unspecified atom stereocenters. The number of phenolic OH excluding ortho intramolecular Hbond substituents is 1. The van der Waals surface area contributed by atoms with Gasteiger partial charge in [-0.05, 0) is 29.8 Å². The average Bonchev–Trinajstić information content (AvgIpc) is 2.44. The number of rotatable bonds is 3. The van der Waals surface area contributed by atoms with Crippen LogP contribution in [0.4, 0.5) is 0 Å². The third-order valence-corrected chi connectivity index (χ3v) is 3.16. The number of aliphatic imine (C=N–C) groups is 1. The average molecular weight is 283 g/mol. The number of hydrogen-bond donors (Lipinski definition) is 5. The molecule has 7 heteroatoms. The van der Waals surface area contributed by atoms with Gasteiger partial charge in [-0.3, -0.25) is 4.99 Å². The second-order valence-corrected chi connectivity index (χ2v) is 4.59. The summed E-state index contributed by atoms with van der Waals surface area (Å²) in [5, 5.41) is 47.4. The molecule has 1 aromatic carbocycles. The zero-order valence-corrected chi connectivity index (χ0v) is 10.6. The molecule has 1 aromatic rings. The summed E-state index contributed by atoms with van der Waals surface area (Å²) >= 11 is 0. The summed E-state index contributed by atoms with van der Waals surface area (Å²) in [6.07, 6.45) is -3.74. The Hall–Kier alpha value is -1.51. The van der Waals surface area contributed by atoms with E-state index in [1.807, 2.05) is 0 Å². The van der Waals surface area contributed by atoms with Gasteiger partial charge in [-0.1, -0.05) is 0 Å². The molecule has 0 bridgehead atoms. The highest BCUT2D eigenvalue weighted by Crippen LogP contribution is 2.22. The molecule has 0 aromatic heterocycles. The number of ether oxygens (including phenoxy) is 1. The van der Waals surface area contributed by atoms with Crippen LogP contribution < -0.4 is 0 Å². The van der Waals surface area contributed by atoms with Gasteiger partial charge in [0.25, 0.3) is 0 Å². The molecule has 5 atom stereocenters. The van der Waals surface area contributed by atoms with Crippen molar-refractivity contribution in [1.29, 1.82) is 0 Å². The quantitative estimate of drug-likeness (QED) is 0.435. The molecule has 0 saturated carbocycles. The lowest BCUT2D eigenvalue weighted by Crippen LogP contribution is -2.57. The summed E-state index contributed by atoms with van der Waals surface area (Å²) in [6.45, 7) is -0.510. The molecule has 1 fully saturated rings. The Balaban J connectivity index is 2.09. The number of aliphatic hydroxyl groups is 4. The van der Waals surface area contributed by atoms with Gasteiger partial charge in [0.05, 0.1) is 6.61 Å². The summed E-state index contributed by atoms with van der Waals surface area (Å²) in [5.74, 6) is 0.115. The predicted octanol–water partition coefficient (Wildman–Crippen LogP) is -1.39. The number of benzene rings is 1. The monoisotopic (exact) mass is 283 g/mol. The van der Waals surface area contributed by atoms with E-state index in [1.54, 1.807) is 12.1 Å². The molecule has 5 N–H and O–H groups in total. The fourth-order valence-electron chi connectivity index (χ4n) is 1.98. The minimum atomic E-state index is -1.42. The molecule has 2 rings (SSSR count). The molecule has 110 valence electrons. The number of phenols is 1. The first-order chi connectivity index (χ1) is 9.52. The van der Waals surface area contributed by atoms with E-state index < -0.39 is 37.3 Å². The smallest absolute Gasteiger partial charge is 0.180 e. The molecular weight excluding hydrogens is 266 g/mol. The molecule has 20 heavy (non-hydrogen) atoms. The fraction of sp³-hybridized carbons (Fsp3) is 0.462. The van der Waals surface area contributed by atoms with Crippen LogP contribution in [0.1, 0.15) is 5.56 Å². The van der Waals surface area contributed by atoms with E-state index in [0.717, 1.165) is 0 Å². The summed E-state index contributed by atoms with van der Waals surface area (Å²) in [7, 11) is 0. The van der Waals surface area contributed by atoms with E-state index in [-0.39, 0.29) is 5.75 Å². The van der Waals surface area contributed by atoms with Crippen molar-refractivity contribution in [3.8, 4) is 5.75 Å². The Bertz CT molecular complexity index is 462. The van der Waals surface area contributed by atoms with Gasteiger partial charge in [0.15, 0.2) is 6.29 Å². The number of aromatic hydroxyl groups is 1. The molecule has 1 aliphatic heterocycles. The van der Waals surface area contributed by atoms with Crippen LogP contribution in [0, 0.1) is 0 Å². The zero-order chi connectivity index (χ0) is 14.7. The van der Waals surface area contributed by atoms with E-state index in [4.69, 9.17) is 14.9 Å². The van der Waals surface area contributed by atoms with Gasteiger partial charge in [0.1, 0.15) is 30.1 Å².